The fraction of sp³-hybridized carbons (Fsp3) is 0.467. The zero-order valence-electron chi connectivity index (χ0n) is 12.6. The van der Waals surface area contributed by atoms with Crippen molar-refractivity contribution < 1.29 is 0 Å². The molecule has 0 atom stereocenters. The molecule has 2 rings (SSSR count). The maximum Gasteiger partial charge on any atom is 0.134 e. The molecule has 4 nitrogen and oxygen atoms in total. The normalized spacial score (nSPS) is 10.8. The molecule has 0 saturated heterocycles. The topological polar surface area (TPSA) is 41.0 Å². The number of aryl methyl sites for hydroxylation is 1. The standard InChI is InChI=1S/C15H22N4S/c1-5-16-14-9-15(18-12(4)17-14)19(11(2)3)10-13-7-6-8-20-13/h6-9,11H,5,10H2,1-4H3,(H,16,17,18). The summed E-state index contributed by atoms with van der Waals surface area (Å²) in [6, 6.07) is 6.68. The number of hydrogen-bond acceptors (Lipinski definition) is 5. The van der Waals surface area contributed by atoms with Crippen LogP contribution in [0.25, 0.3) is 0 Å². The Morgan fingerprint density at radius 2 is 2.15 bits per heavy atom. The quantitative estimate of drug-likeness (QED) is 0.881. The molecule has 2 aromatic heterocycles. The molecule has 20 heavy (non-hydrogen) atoms. The van der Waals surface area contributed by atoms with E-state index in [9.17, 15) is 0 Å². The molecule has 1 N–H and O–H groups in total. The Balaban J connectivity index is 2.28. The SMILES string of the molecule is CCNc1cc(N(Cc2cccs2)C(C)C)nc(C)n1. The van der Waals surface area contributed by atoms with Crippen LogP contribution in [0.1, 0.15) is 31.5 Å². The van der Waals surface area contributed by atoms with Gasteiger partial charge in [0.1, 0.15) is 17.5 Å². The van der Waals surface area contributed by atoms with Crippen LogP contribution in [0.3, 0.4) is 0 Å². The summed E-state index contributed by atoms with van der Waals surface area (Å²) in [5.41, 5.74) is 0. The predicted molar refractivity (Wildman–Crippen MR) is 86.6 cm³/mol. The molecule has 0 aromatic carbocycles. The highest BCUT2D eigenvalue weighted by atomic mass is 32.1. The van der Waals surface area contributed by atoms with Gasteiger partial charge in [-0.25, -0.2) is 9.97 Å². The van der Waals surface area contributed by atoms with Crippen molar-refractivity contribution in [3.63, 3.8) is 0 Å². The van der Waals surface area contributed by atoms with Crippen molar-refractivity contribution in [3.05, 3.63) is 34.3 Å². The predicted octanol–water partition coefficient (Wildman–Crippen LogP) is 3.69. The Morgan fingerprint density at radius 3 is 2.75 bits per heavy atom. The van der Waals surface area contributed by atoms with Gasteiger partial charge >= 0.3 is 0 Å². The van der Waals surface area contributed by atoms with Gasteiger partial charge < -0.3 is 10.2 Å². The molecule has 5 heteroatoms. The van der Waals surface area contributed by atoms with Gasteiger partial charge in [0.25, 0.3) is 0 Å². The Kier molecular flexibility index (Phi) is 4.95. The van der Waals surface area contributed by atoms with Gasteiger partial charge in [0, 0.05) is 23.5 Å². The molecular formula is C15H22N4S. The van der Waals surface area contributed by atoms with Gasteiger partial charge in [-0.2, -0.15) is 0 Å². The lowest BCUT2D eigenvalue weighted by molar-refractivity contribution is 0.674. The Bertz CT molecular complexity index is 537. The van der Waals surface area contributed by atoms with Crippen molar-refractivity contribution in [1.29, 1.82) is 0 Å². The summed E-state index contributed by atoms with van der Waals surface area (Å²) in [6.07, 6.45) is 0. The van der Waals surface area contributed by atoms with E-state index in [-0.39, 0.29) is 0 Å². The first kappa shape index (κ1) is 14.8. The summed E-state index contributed by atoms with van der Waals surface area (Å²) in [5.74, 6) is 2.68. The summed E-state index contributed by atoms with van der Waals surface area (Å²) in [5, 5.41) is 5.38. The summed E-state index contributed by atoms with van der Waals surface area (Å²) >= 11 is 1.78. The summed E-state index contributed by atoms with van der Waals surface area (Å²) in [7, 11) is 0. The van der Waals surface area contributed by atoms with Crippen LogP contribution in [-0.4, -0.2) is 22.6 Å². The van der Waals surface area contributed by atoms with E-state index in [4.69, 9.17) is 0 Å². The molecule has 0 amide bonds. The molecule has 0 bridgehead atoms. The minimum absolute atomic E-state index is 0.390. The molecular weight excluding hydrogens is 268 g/mol. The van der Waals surface area contributed by atoms with Crippen molar-refractivity contribution in [1.82, 2.24) is 9.97 Å². The maximum absolute atomic E-state index is 4.60. The molecule has 0 saturated carbocycles. The molecule has 2 heterocycles. The van der Waals surface area contributed by atoms with Gasteiger partial charge in [-0.3, -0.25) is 0 Å². The highest BCUT2D eigenvalue weighted by Gasteiger charge is 2.15. The van der Waals surface area contributed by atoms with E-state index in [2.05, 4.69) is 58.5 Å². The van der Waals surface area contributed by atoms with Gasteiger partial charge in [0.05, 0.1) is 6.54 Å². The number of aromatic nitrogens is 2. The van der Waals surface area contributed by atoms with Gasteiger partial charge in [-0.05, 0) is 39.1 Å². The molecule has 0 spiro atoms. The van der Waals surface area contributed by atoms with Crippen molar-refractivity contribution in [2.24, 2.45) is 0 Å². The third-order valence-electron chi connectivity index (χ3n) is 3.01. The van der Waals surface area contributed by atoms with Crippen LogP contribution in [-0.2, 0) is 6.54 Å². The molecule has 0 aliphatic carbocycles. The lowest BCUT2D eigenvalue weighted by Crippen LogP contribution is -2.31. The second-order valence-electron chi connectivity index (χ2n) is 4.99. The lowest BCUT2D eigenvalue weighted by atomic mass is 10.3. The van der Waals surface area contributed by atoms with Gasteiger partial charge in [0.15, 0.2) is 0 Å². The number of anilines is 2. The van der Waals surface area contributed by atoms with Crippen LogP contribution in [0, 0.1) is 6.92 Å². The zero-order chi connectivity index (χ0) is 14.5. The van der Waals surface area contributed by atoms with Crippen LogP contribution in [0.4, 0.5) is 11.6 Å². The minimum atomic E-state index is 0.390. The van der Waals surface area contributed by atoms with Crippen LogP contribution in [0.2, 0.25) is 0 Å². The first-order valence-electron chi connectivity index (χ1n) is 6.98. The fourth-order valence-corrected chi connectivity index (χ4v) is 2.77. The highest BCUT2D eigenvalue weighted by molar-refractivity contribution is 7.09. The van der Waals surface area contributed by atoms with Crippen LogP contribution in [0.15, 0.2) is 23.6 Å². The van der Waals surface area contributed by atoms with Crippen molar-refractivity contribution >= 4 is 23.0 Å². The number of thiophene rings is 1. The second kappa shape index (κ2) is 6.70. The summed E-state index contributed by atoms with van der Waals surface area (Å²) in [6.45, 7) is 10.1. The van der Waals surface area contributed by atoms with Crippen molar-refractivity contribution in [2.45, 2.75) is 40.3 Å². The minimum Gasteiger partial charge on any atom is -0.370 e. The third-order valence-corrected chi connectivity index (χ3v) is 3.87. The molecule has 0 aliphatic heterocycles. The first-order chi connectivity index (χ1) is 9.60. The zero-order valence-corrected chi connectivity index (χ0v) is 13.4. The van der Waals surface area contributed by atoms with E-state index in [1.54, 1.807) is 11.3 Å². The Labute approximate surface area is 124 Å². The van der Waals surface area contributed by atoms with Gasteiger partial charge in [-0.1, -0.05) is 6.07 Å². The maximum atomic E-state index is 4.60. The molecule has 0 unspecified atom stereocenters. The van der Waals surface area contributed by atoms with Crippen LogP contribution in [0.5, 0.6) is 0 Å². The number of rotatable bonds is 6. The monoisotopic (exact) mass is 290 g/mol. The molecule has 0 aliphatic rings. The van der Waals surface area contributed by atoms with Gasteiger partial charge in [0.2, 0.25) is 0 Å². The van der Waals surface area contributed by atoms with Crippen LogP contribution < -0.4 is 10.2 Å². The summed E-state index contributed by atoms with van der Waals surface area (Å²) < 4.78 is 0. The first-order valence-corrected chi connectivity index (χ1v) is 7.86. The van der Waals surface area contributed by atoms with E-state index >= 15 is 0 Å². The smallest absolute Gasteiger partial charge is 0.134 e. The Morgan fingerprint density at radius 1 is 1.35 bits per heavy atom. The fourth-order valence-electron chi connectivity index (χ4n) is 2.07. The largest absolute Gasteiger partial charge is 0.370 e. The number of nitrogens with zero attached hydrogens (tertiary/aromatic N) is 3. The molecule has 0 radical (unpaired) electrons. The molecule has 2 aromatic rings. The van der Waals surface area contributed by atoms with Crippen molar-refractivity contribution in [3.8, 4) is 0 Å². The summed E-state index contributed by atoms with van der Waals surface area (Å²) in [4.78, 5) is 12.7. The average Bonchev–Trinajstić information content (AvgIpc) is 2.88. The van der Waals surface area contributed by atoms with E-state index < -0.39 is 0 Å². The van der Waals surface area contributed by atoms with E-state index in [0.29, 0.717) is 6.04 Å². The highest BCUT2D eigenvalue weighted by Crippen LogP contribution is 2.22. The van der Waals surface area contributed by atoms with E-state index in [1.807, 2.05) is 13.0 Å². The van der Waals surface area contributed by atoms with Gasteiger partial charge in [-0.15, -0.1) is 11.3 Å². The number of nitrogens with one attached hydrogen (secondary N) is 1. The molecule has 108 valence electrons. The van der Waals surface area contributed by atoms with E-state index in [0.717, 1.165) is 30.5 Å². The van der Waals surface area contributed by atoms with E-state index in [1.165, 1.54) is 4.88 Å². The second-order valence-corrected chi connectivity index (χ2v) is 6.02. The third kappa shape index (κ3) is 3.70. The van der Waals surface area contributed by atoms with Crippen molar-refractivity contribution in [2.75, 3.05) is 16.8 Å². The van der Waals surface area contributed by atoms with Crippen LogP contribution >= 0.6 is 11.3 Å². The number of hydrogen-bond donors (Lipinski definition) is 1. The lowest BCUT2D eigenvalue weighted by Gasteiger charge is -2.28. The Hall–Kier alpha value is -1.62. The average molecular weight is 290 g/mol. The molecule has 0 fully saturated rings.